The standard InChI is InChI=1S/C7H5FN4/c8-7-6(2-1-3-10-7)12-5-9-4-11-12/h1-5H. The molecule has 0 unspecified atom stereocenters. The van der Waals surface area contributed by atoms with Crippen LogP contribution >= 0.6 is 0 Å². The second-order valence-corrected chi connectivity index (χ2v) is 2.15. The van der Waals surface area contributed by atoms with E-state index in [1.54, 1.807) is 12.1 Å². The second kappa shape index (κ2) is 2.69. The van der Waals surface area contributed by atoms with Crippen LogP contribution in [0.4, 0.5) is 4.39 Å². The van der Waals surface area contributed by atoms with Crippen LogP contribution in [-0.4, -0.2) is 19.7 Å². The average molecular weight is 164 g/mol. The molecule has 0 spiro atoms. The Bertz CT molecular complexity index is 371. The summed E-state index contributed by atoms with van der Waals surface area (Å²) in [4.78, 5) is 7.18. The minimum atomic E-state index is -0.553. The lowest BCUT2D eigenvalue weighted by molar-refractivity contribution is 0.569. The summed E-state index contributed by atoms with van der Waals surface area (Å²) >= 11 is 0. The van der Waals surface area contributed by atoms with Crippen LogP contribution in [0.25, 0.3) is 5.69 Å². The largest absolute Gasteiger partial charge is 0.238 e. The van der Waals surface area contributed by atoms with Crippen LogP contribution in [0.15, 0.2) is 31.0 Å². The molecular formula is C7H5FN4. The van der Waals surface area contributed by atoms with Gasteiger partial charge in [-0.3, -0.25) is 0 Å². The highest BCUT2D eigenvalue weighted by molar-refractivity contribution is 5.26. The predicted octanol–water partition coefficient (Wildman–Crippen LogP) is 0.801. The summed E-state index contributed by atoms with van der Waals surface area (Å²) in [6, 6.07) is 3.22. The third-order valence-corrected chi connectivity index (χ3v) is 1.40. The maximum absolute atomic E-state index is 13.0. The highest BCUT2D eigenvalue weighted by Crippen LogP contribution is 2.06. The fraction of sp³-hybridized carbons (Fsp3) is 0. The number of halogens is 1. The van der Waals surface area contributed by atoms with Crippen molar-refractivity contribution < 1.29 is 4.39 Å². The van der Waals surface area contributed by atoms with E-state index in [1.807, 2.05) is 0 Å². The minimum Gasteiger partial charge on any atom is -0.226 e. The SMILES string of the molecule is Fc1ncccc1-n1cncn1. The normalized spacial score (nSPS) is 10.1. The first-order valence-corrected chi connectivity index (χ1v) is 3.33. The van der Waals surface area contributed by atoms with E-state index in [1.165, 1.54) is 23.5 Å². The Morgan fingerprint density at radius 1 is 1.42 bits per heavy atom. The molecule has 12 heavy (non-hydrogen) atoms. The van der Waals surface area contributed by atoms with Gasteiger partial charge in [0.1, 0.15) is 18.3 Å². The molecule has 0 saturated heterocycles. The van der Waals surface area contributed by atoms with Gasteiger partial charge in [0.25, 0.3) is 0 Å². The summed E-state index contributed by atoms with van der Waals surface area (Å²) in [5.41, 5.74) is 0.301. The molecule has 0 aliphatic rings. The number of aromatic nitrogens is 4. The summed E-state index contributed by atoms with van der Waals surface area (Å²) in [7, 11) is 0. The Morgan fingerprint density at radius 3 is 3.00 bits per heavy atom. The molecule has 0 fully saturated rings. The van der Waals surface area contributed by atoms with Crippen molar-refractivity contribution in [2.75, 3.05) is 0 Å². The van der Waals surface area contributed by atoms with Crippen molar-refractivity contribution >= 4 is 0 Å². The number of hydrogen-bond donors (Lipinski definition) is 0. The van der Waals surface area contributed by atoms with Crippen molar-refractivity contribution in [1.29, 1.82) is 0 Å². The van der Waals surface area contributed by atoms with Crippen LogP contribution in [0.5, 0.6) is 0 Å². The van der Waals surface area contributed by atoms with Gasteiger partial charge in [-0.15, -0.1) is 0 Å². The van der Waals surface area contributed by atoms with Crippen LogP contribution in [-0.2, 0) is 0 Å². The van der Waals surface area contributed by atoms with Gasteiger partial charge in [0, 0.05) is 6.20 Å². The van der Waals surface area contributed by atoms with Crippen molar-refractivity contribution in [2.24, 2.45) is 0 Å². The summed E-state index contributed by atoms with van der Waals surface area (Å²) in [6.07, 6.45) is 4.14. The van der Waals surface area contributed by atoms with Gasteiger partial charge in [0.05, 0.1) is 0 Å². The van der Waals surface area contributed by atoms with Gasteiger partial charge < -0.3 is 0 Å². The molecule has 0 amide bonds. The first kappa shape index (κ1) is 6.90. The van der Waals surface area contributed by atoms with E-state index < -0.39 is 5.95 Å². The lowest BCUT2D eigenvalue weighted by Crippen LogP contribution is -1.99. The number of rotatable bonds is 1. The zero-order valence-electron chi connectivity index (χ0n) is 6.05. The molecule has 0 aromatic carbocycles. The quantitative estimate of drug-likeness (QED) is 0.585. The maximum atomic E-state index is 13.0. The van der Waals surface area contributed by atoms with E-state index >= 15 is 0 Å². The first-order valence-electron chi connectivity index (χ1n) is 3.33. The Morgan fingerprint density at radius 2 is 2.33 bits per heavy atom. The molecule has 2 heterocycles. The van der Waals surface area contributed by atoms with Gasteiger partial charge in [0.15, 0.2) is 0 Å². The first-order chi connectivity index (χ1) is 5.88. The third kappa shape index (κ3) is 1.05. The molecule has 2 aromatic rings. The molecule has 0 aliphatic heterocycles. The molecule has 0 saturated carbocycles. The molecule has 4 nitrogen and oxygen atoms in total. The molecule has 0 bridgehead atoms. The van der Waals surface area contributed by atoms with E-state index in [-0.39, 0.29) is 0 Å². The third-order valence-electron chi connectivity index (χ3n) is 1.40. The van der Waals surface area contributed by atoms with E-state index in [0.29, 0.717) is 5.69 Å². The Hall–Kier alpha value is -1.78. The van der Waals surface area contributed by atoms with Gasteiger partial charge in [-0.1, -0.05) is 0 Å². The summed E-state index contributed by atoms with van der Waals surface area (Å²) in [5.74, 6) is -0.553. The Labute approximate surface area is 67.7 Å². The average Bonchev–Trinajstić information content (AvgIpc) is 2.57. The molecule has 2 rings (SSSR count). The van der Waals surface area contributed by atoms with Crippen LogP contribution in [0, 0.1) is 5.95 Å². The molecule has 0 aliphatic carbocycles. The molecule has 0 radical (unpaired) electrons. The number of hydrogen-bond acceptors (Lipinski definition) is 3. The van der Waals surface area contributed by atoms with E-state index in [2.05, 4.69) is 15.1 Å². The van der Waals surface area contributed by atoms with Crippen LogP contribution in [0.3, 0.4) is 0 Å². The molecule has 2 aromatic heterocycles. The predicted molar refractivity (Wildman–Crippen MR) is 39.1 cm³/mol. The fourth-order valence-electron chi connectivity index (χ4n) is 0.881. The van der Waals surface area contributed by atoms with E-state index in [4.69, 9.17) is 0 Å². The summed E-state index contributed by atoms with van der Waals surface area (Å²) in [5, 5.41) is 3.77. The lowest BCUT2D eigenvalue weighted by Gasteiger charge is -1.98. The van der Waals surface area contributed by atoms with Crippen LogP contribution in [0.2, 0.25) is 0 Å². The highest BCUT2D eigenvalue weighted by atomic mass is 19.1. The lowest BCUT2D eigenvalue weighted by atomic mass is 10.4. The van der Waals surface area contributed by atoms with Gasteiger partial charge in [-0.2, -0.15) is 9.49 Å². The summed E-state index contributed by atoms with van der Waals surface area (Å²) in [6.45, 7) is 0. The van der Waals surface area contributed by atoms with Crippen molar-refractivity contribution in [3.8, 4) is 5.69 Å². The topological polar surface area (TPSA) is 43.6 Å². The van der Waals surface area contributed by atoms with E-state index in [0.717, 1.165) is 0 Å². The molecule has 60 valence electrons. The zero-order chi connectivity index (χ0) is 8.39. The van der Waals surface area contributed by atoms with Crippen molar-refractivity contribution in [2.45, 2.75) is 0 Å². The summed E-state index contributed by atoms with van der Waals surface area (Å²) < 4.78 is 14.3. The zero-order valence-corrected chi connectivity index (χ0v) is 6.05. The maximum Gasteiger partial charge on any atom is 0.238 e. The van der Waals surface area contributed by atoms with Crippen molar-refractivity contribution in [1.82, 2.24) is 19.7 Å². The monoisotopic (exact) mass is 164 g/mol. The minimum absolute atomic E-state index is 0.301. The van der Waals surface area contributed by atoms with Crippen molar-refractivity contribution in [3.63, 3.8) is 0 Å². The number of nitrogens with zero attached hydrogens (tertiary/aromatic N) is 4. The van der Waals surface area contributed by atoms with Gasteiger partial charge >= 0.3 is 0 Å². The second-order valence-electron chi connectivity index (χ2n) is 2.15. The highest BCUT2D eigenvalue weighted by Gasteiger charge is 2.03. The van der Waals surface area contributed by atoms with Crippen molar-refractivity contribution in [3.05, 3.63) is 36.9 Å². The number of pyridine rings is 1. The molecule has 5 heteroatoms. The van der Waals surface area contributed by atoms with Crippen LogP contribution in [0.1, 0.15) is 0 Å². The molecule has 0 N–H and O–H groups in total. The van der Waals surface area contributed by atoms with E-state index in [9.17, 15) is 4.39 Å². The van der Waals surface area contributed by atoms with Gasteiger partial charge in [0.2, 0.25) is 5.95 Å². The Kier molecular flexibility index (Phi) is 1.55. The van der Waals surface area contributed by atoms with Gasteiger partial charge in [-0.05, 0) is 12.1 Å². The van der Waals surface area contributed by atoms with Crippen LogP contribution < -0.4 is 0 Å². The smallest absolute Gasteiger partial charge is 0.226 e. The fourth-order valence-corrected chi connectivity index (χ4v) is 0.881. The molecular weight excluding hydrogens is 159 g/mol. The van der Waals surface area contributed by atoms with Gasteiger partial charge in [-0.25, -0.2) is 14.6 Å². The Balaban J connectivity index is 2.55. The molecule has 0 atom stereocenters.